The zero-order chi connectivity index (χ0) is 9.23. The van der Waals surface area contributed by atoms with E-state index < -0.39 is 0 Å². The van der Waals surface area contributed by atoms with Crippen molar-refractivity contribution in [3.63, 3.8) is 0 Å². The quantitative estimate of drug-likeness (QED) is 0.438. The molecule has 0 rings (SSSR count). The Morgan fingerprint density at radius 2 is 1.92 bits per heavy atom. The summed E-state index contributed by atoms with van der Waals surface area (Å²) in [4.78, 5) is 0. The Bertz CT molecular complexity index is 99.2. The van der Waals surface area contributed by atoms with Gasteiger partial charge in [-0.2, -0.15) is 0 Å². The maximum atomic E-state index is 9.47. The van der Waals surface area contributed by atoms with Crippen molar-refractivity contribution in [3.8, 4) is 0 Å². The van der Waals surface area contributed by atoms with Crippen molar-refractivity contribution >= 4 is 0 Å². The second kappa shape index (κ2) is 8.79. The fourth-order valence-electron chi connectivity index (χ4n) is 1.27. The molecule has 0 aliphatic carbocycles. The van der Waals surface area contributed by atoms with Crippen LogP contribution in [0.25, 0.3) is 0 Å². The molecule has 1 N–H and O–H groups in total. The molecular weight excluding hydrogens is 148 g/mol. The number of aliphatic hydroxyl groups is 1. The number of aliphatic hydroxyl groups excluding tert-OH is 1. The van der Waals surface area contributed by atoms with Gasteiger partial charge in [-0.3, -0.25) is 0 Å². The summed E-state index contributed by atoms with van der Waals surface area (Å²) in [7, 11) is 0. The van der Waals surface area contributed by atoms with Gasteiger partial charge in [0.25, 0.3) is 0 Å². The Kier molecular flexibility index (Phi) is 8.57. The van der Waals surface area contributed by atoms with Gasteiger partial charge in [-0.1, -0.05) is 32.3 Å². The number of allylic oxidation sites excluding steroid dienone is 1. The van der Waals surface area contributed by atoms with Crippen LogP contribution in [-0.2, 0) is 0 Å². The van der Waals surface area contributed by atoms with Gasteiger partial charge >= 0.3 is 0 Å². The Morgan fingerprint density at radius 1 is 1.25 bits per heavy atom. The first-order chi connectivity index (χ1) is 5.81. The molecule has 12 heavy (non-hydrogen) atoms. The molecule has 72 valence electrons. The molecule has 1 heteroatoms. The minimum atomic E-state index is -0.0727. The normalized spacial score (nSPS) is 12.8. The van der Waals surface area contributed by atoms with E-state index in [0.29, 0.717) is 0 Å². The predicted octanol–water partition coefficient (Wildman–Crippen LogP) is 3.28. The number of hydrogen-bond acceptors (Lipinski definition) is 1. The lowest BCUT2D eigenvalue weighted by Crippen LogP contribution is -2.05. The lowest BCUT2D eigenvalue weighted by Gasteiger charge is -2.08. The van der Waals surface area contributed by atoms with Crippen LogP contribution in [0.2, 0.25) is 0 Å². The SMILES string of the molecule is C=CCCC[C@H](O)CCCCC. The molecule has 0 unspecified atom stereocenters. The average Bonchev–Trinajstić information content (AvgIpc) is 2.06. The third kappa shape index (κ3) is 7.80. The summed E-state index contributed by atoms with van der Waals surface area (Å²) in [6, 6.07) is 0. The Balaban J connectivity index is 3.09. The first kappa shape index (κ1) is 11.7. The largest absolute Gasteiger partial charge is 0.393 e. The van der Waals surface area contributed by atoms with Crippen molar-refractivity contribution in [2.45, 2.75) is 58.0 Å². The van der Waals surface area contributed by atoms with Gasteiger partial charge in [-0.15, -0.1) is 6.58 Å². The minimum Gasteiger partial charge on any atom is -0.393 e. The van der Waals surface area contributed by atoms with E-state index >= 15 is 0 Å². The van der Waals surface area contributed by atoms with Crippen LogP contribution in [0.1, 0.15) is 51.9 Å². The summed E-state index contributed by atoms with van der Waals surface area (Å²) < 4.78 is 0. The first-order valence-corrected chi connectivity index (χ1v) is 5.10. The van der Waals surface area contributed by atoms with Gasteiger partial charge in [-0.25, -0.2) is 0 Å². The summed E-state index contributed by atoms with van der Waals surface area (Å²) in [5, 5.41) is 9.47. The Morgan fingerprint density at radius 3 is 2.50 bits per heavy atom. The van der Waals surface area contributed by atoms with E-state index in [4.69, 9.17) is 0 Å². The van der Waals surface area contributed by atoms with Crippen LogP contribution < -0.4 is 0 Å². The maximum absolute atomic E-state index is 9.47. The molecule has 0 heterocycles. The minimum absolute atomic E-state index is 0.0727. The molecule has 0 saturated heterocycles. The average molecular weight is 170 g/mol. The molecule has 0 radical (unpaired) electrons. The van der Waals surface area contributed by atoms with Crippen LogP contribution in [0.3, 0.4) is 0 Å². The molecule has 0 aromatic rings. The van der Waals surface area contributed by atoms with Gasteiger partial charge < -0.3 is 5.11 Å². The van der Waals surface area contributed by atoms with Crippen LogP contribution in [0.5, 0.6) is 0 Å². The molecule has 1 atom stereocenters. The van der Waals surface area contributed by atoms with Crippen molar-refractivity contribution in [1.29, 1.82) is 0 Å². The van der Waals surface area contributed by atoms with E-state index in [1.165, 1.54) is 19.3 Å². The topological polar surface area (TPSA) is 20.2 Å². The highest BCUT2D eigenvalue weighted by Crippen LogP contribution is 2.09. The van der Waals surface area contributed by atoms with Crippen LogP contribution >= 0.6 is 0 Å². The molecular formula is C11H22O. The molecule has 0 amide bonds. The summed E-state index contributed by atoms with van der Waals surface area (Å²) in [6.45, 7) is 5.84. The first-order valence-electron chi connectivity index (χ1n) is 5.10. The zero-order valence-electron chi connectivity index (χ0n) is 8.26. The van der Waals surface area contributed by atoms with Gasteiger partial charge in [-0.05, 0) is 25.7 Å². The highest BCUT2D eigenvalue weighted by molar-refractivity contribution is 4.67. The van der Waals surface area contributed by atoms with Crippen molar-refractivity contribution in [2.24, 2.45) is 0 Å². The van der Waals surface area contributed by atoms with Crippen LogP contribution in [0, 0.1) is 0 Å². The smallest absolute Gasteiger partial charge is 0.0540 e. The van der Waals surface area contributed by atoms with Crippen LogP contribution in [0.15, 0.2) is 12.7 Å². The highest BCUT2D eigenvalue weighted by atomic mass is 16.3. The predicted molar refractivity (Wildman–Crippen MR) is 54.2 cm³/mol. The summed E-state index contributed by atoms with van der Waals surface area (Å²) in [6.07, 6.45) is 9.53. The van der Waals surface area contributed by atoms with E-state index in [9.17, 15) is 5.11 Å². The van der Waals surface area contributed by atoms with Gasteiger partial charge in [0.15, 0.2) is 0 Å². The van der Waals surface area contributed by atoms with E-state index in [0.717, 1.165) is 25.7 Å². The third-order valence-electron chi connectivity index (χ3n) is 2.09. The van der Waals surface area contributed by atoms with Crippen LogP contribution in [-0.4, -0.2) is 11.2 Å². The molecule has 0 spiro atoms. The molecule has 0 bridgehead atoms. The van der Waals surface area contributed by atoms with Crippen LogP contribution in [0.4, 0.5) is 0 Å². The van der Waals surface area contributed by atoms with Gasteiger partial charge in [0.1, 0.15) is 0 Å². The van der Waals surface area contributed by atoms with Crippen molar-refractivity contribution in [1.82, 2.24) is 0 Å². The lowest BCUT2D eigenvalue weighted by molar-refractivity contribution is 0.149. The number of hydrogen-bond donors (Lipinski definition) is 1. The maximum Gasteiger partial charge on any atom is 0.0540 e. The lowest BCUT2D eigenvalue weighted by atomic mass is 10.1. The summed E-state index contributed by atoms with van der Waals surface area (Å²) in [5.41, 5.74) is 0. The van der Waals surface area contributed by atoms with E-state index in [2.05, 4.69) is 13.5 Å². The molecule has 0 aromatic carbocycles. The van der Waals surface area contributed by atoms with E-state index in [-0.39, 0.29) is 6.10 Å². The highest BCUT2D eigenvalue weighted by Gasteiger charge is 2.01. The third-order valence-corrected chi connectivity index (χ3v) is 2.09. The van der Waals surface area contributed by atoms with Gasteiger partial charge in [0.2, 0.25) is 0 Å². The number of unbranched alkanes of at least 4 members (excludes halogenated alkanes) is 3. The van der Waals surface area contributed by atoms with Gasteiger partial charge in [0, 0.05) is 0 Å². The second-order valence-corrected chi connectivity index (χ2v) is 3.37. The van der Waals surface area contributed by atoms with E-state index in [1.807, 2.05) is 6.08 Å². The van der Waals surface area contributed by atoms with Crippen molar-refractivity contribution in [3.05, 3.63) is 12.7 Å². The monoisotopic (exact) mass is 170 g/mol. The van der Waals surface area contributed by atoms with Crippen molar-refractivity contribution in [2.75, 3.05) is 0 Å². The summed E-state index contributed by atoms with van der Waals surface area (Å²) >= 11 is 0. The van der Waals surface area contributed by atoms with E-state index in [1.54, 1.807) is 0 Å². The molecule has 0 aliphatic heterocycles. The molecule has 0 aromatic heterocycles. The molecule has 0 saturated carbocycles. The fourth-order valence-corrected chi connectivity index (χ4v) is 1.27. The van der Waals surface area contributed by atoms with Crippen molar-refractivity contribution < 1.29 is 5.11 Å². The Labute approximate surface area is 76.5 Å². The zero-order valence-corrected chi connectivity index (χ0v) is 8.26. The molecule has 0 aliphatic rings. The summed E-state index contributed by atoms with van der Waals surface area (Å²) in [5.74, 6) is 0. The fraction of sp³-hybridized carbons (Fsp3) is 0.818. The molecule has 0 fully saturated rings. The second-order valence-electron chi connectivity index (χ2n) is 3.37. The number of rotatable bonds is 8. The molecule has 1 nitrogen and oxygen atoms in total. The Hall–Kier alpha value is -0.300. The van der Waals surface area contributed by atoms with Gasteiger partial charge in [0.05, 0.1) is 6.10 Å². The standard InChI is InChI=1S/C11H22O/c1-3-5-7-9-11(12)10-8-6-4-2/h3,11-12H,1,4-10H2,2H3/t11-/m0/s1.